The van der Waals surface area contributed by atoms with Crippen molar-refractivity contribution in [3.8, 4) is 0 Å². The molecule has 0 aromatic heterocycles. The van der Waals surface area contributed by atoms with Gasteiger partial charge < -0.3 is 16.8 Å². The molecule has 0 spiro atoms. The zero-order valence-electron chi connectivity index (χ0n) is 13.8. The molecule has 1 rings (SSSR count). The van der Waals surface area contributed by atoms with Gasteiger partial charge in [0.15, 0.2) is 5.96 Å². The van der Waals surface area contributed by atoms with E-state index < -0.39 is 5.91 Å². The van der Waals surface area contributed by atoms with Crippen LogP contribution in [-0.2, 0) is 6.54 Å². The van der Waals surface area contributed by atoms with Crippen LogP contribution in [-0.4, -0.2) is 17.9 Å². The summed E-state index contributed by atoms with van der Waals surface area (Å²) < 4.78 is 0. The zero-order chi connectivity index (χ0) is 16.5. The highest BCUT2D eigenvalue weighted by Crippen LogP contribution is 2.08. The maximum atomic E-state index is 11.1. The highest BCUT2D eigenvalue weighted by Gasteiger charge is 2.04. The molecule has 0 saturated carbocycles. The van der Waals surface area contributed by atoms with Crippen LogP contribution >= 0.6 is 0 Å². The molecule has 1 atom stereocenters. The second-order valence-electron chi connectivity index (χ2n) is 6.14. The lowest BCUT2D eigenvalue weighted by atomic mass is 10.0. The minimum Gasteiger partial charge on any atom is -0.370 e. The van der Waals surface area contributed by atoms with Crippen LogP contribution in [0.15, 0.2) is 29.3 Å². The number of primary amides is 1. The molecule has 1 amide bonds. The first-order chi connectivity index (χ1) is 10.4. The van der Waals surface area contributed by atoms with Crippen molar-refractivity contribution in [2.45, 2.75) is 52.6 Å². The zero-order valence-corrected chi connectivity index (χ0v) is 13.8. The van der Waals surface area contributed by atoms with Gasteiger partial charge in [-0.05, 0) is 37.0 Å². The van der Waals surface area contributed by atoms with E-state index >= 15 is 0 Å². The Kier molecular flexibility index (Phi) is 7.43. The molecule has 0 bridgehead atoms. The van der Waals surface area contributed by atoms with Crippen LogP contribution in [0.2, 0.25) is 0 Å². The Bertz CT molecular complexity index is 511. The quantitative estimate of drug-likeness (QED) is 0.508. The van der Waals surface area contributed by atoms with E-state index in [4.69, 9.17) is 11.5 Å². The van der Waals surface area contributed by atoms with E-state index in [1.807, 2.05) is 6.07 Å². The Morgan fingerprint density at radius 1 is 1.23 bits per heavy atom. The Balaban J connectivity index is 2.45. The van der Waals surface area contributed by atoms with Crippen LogP contribution < -0.4 is 16.8 Å². The number of nitrogens with two attached hydrogens (primary N) is 2. The monoisotopic (exact) mass is 304 g/mol. The van der Waals surface area contributed by atoms with Gasteiger partial charge in [0.1, 0.15) is 0 Å². The highest BCUT2D eigenvalue weighted by atomic mass is 16.1. The summed E-state index contributed by atoms with van der Waals surface area (Å²) in [7, 11) is 0. The van der Waals surface area contributed by atoms with Crippen molar-refractivity contribution in [2.75, 3.05) is 0 Å². The van der Waals surface area contributed by atoms with Crippen molar-refractivity contribution in [3.63, 3.8) is 0 Å². The lowest BCUT2D eigenvalue weighted by Gasteiger charge is -2.15. The number of aliphatic imine (C=N–C) groups is 1. The van der Waals surface area contributed by atoms with Crippen LogP contribution in [0.5, 0.6) is 0 Å². The normalized spacial score (nSPS) is 13.2. The summed E-state index contributed by atoms with van der Waals surface area (Å²) in [6.07, 6.45) is 3.48. The summed E-state index contributed by atoms with van der Waals surface area (Å²) in [4.78, 5) is 15.4. The summed E-state index contributed by atoms with van der Waals surface area (Å²) in [5.41, 5.74) is 12.6. The van der Waals surface area contributed by atoms with Crippen molar-refractivity contribution in [2.24, 2.45) is 22.4 Å². The van der Waals surface area contributed by atoms with Gasteiger partial charge in [0, 0.05) is 11.6 Å². The molecule has 0 radical (unpaired) electrons. The molecule has 5 heteroatoms. The molecular formula is C17H28N4O. The second kappa shape index (κ2) is 9.07. The Morgan fingerprint density at radius 2 is 1.95 bits per heavy atom. The molecule has 0 aliphatic rings. The standard InChI is InChI=1S/C17H28N4O/c1-12(2)6-4-7-13(3)21-17(19)20-11-14-8-5-9-15(10-14)16(18)22/h5,8-10,12-13H,4,6-7,11H2,1-3H3,(H2,18,22)(H3,19,20,21). The van der Waals surface area contributed by atoms with E-state index in [1.165, 1.54) is 12.8 Å². The van der Waals surface area contributed by atoms with Gasteiger partial charge in [-0.15, -0.1) is 0 Å². The fraction of sp³-hybridized carbons (Fsp3) is 0.529. The van der Waals surface area contributed by atoms with Crippen molar-refractivity contribution in [1.29, 1.82) is 0 Å². The van der Waals surface area contributed by atoms with E-state index in [9.17, 15) is 4.79 Å². The van der Waals surface area contributed by atoms with Gasteiger partial charge in [-0.3, -0.25) is 4.79 Å². The van der Waals surface area contributed by atoms with Gasteiger partial charge in [0.05, 0.1) is 6.54 Å². The number of hydrogen-bond acceptors (Lipinski definition) is 2. The molecule has 1 aromatic carbocycles. The third-order valence-corrected chi connectivity index (χ3v) is 3.46. The lowest BCUT2D eigenvalue weighted by Crippen LogP contribution is -2.38. The van der Waals surface area contributed by atoms with Crippen LogP contribution in [0, 0.1) is 5.92 Å². The van der Waals surface area contributed by atoms with E-state index in [2.05, 4.69) is 31.1 Å². The fourth-order valence-corrected chi connectivity index (χ4v) is 2.20. The fourth-order valence-electron chi connectivity index (χ4n) is 2.20. The molecule has 5 nitrogen and oxygen atoms in total. The molecule has 1 unspecified atom stereocenters. The summed E-state index contributed by atoms with van der Waals surface area (Å²) in [6, 6.07) is 7.43. The summed E-state index contributed by atoms with van der Waals surface area (Å²) >= 11 is 0. The maximum Gasteiger partial charge on any atom is 0.248 e. The average Bonchev–Trinajstić information content (AvgIpc) is 2.45. The molecule has 122 valence electrons. The number of nitrogens with zero attached hydrogens (tertiary/aromatic N) is 1. The number of carbonyl (C=O) groups excluding carboxylic acids is 1. The Labute approximate surface area is 133 Å². The van der Waals surface area contributed by atoms with Gasteiger partial charge in [-0.1, -0.05) is 38.8 Å². The predicted molar refractivity (Wildman–Crippen MR) is 91.6 cm³/mol. The SMILES string of the molecule is CC(C)CCCC(C)NC(N)=NCc1cccc(C(N)=O)c1. The van der Waals surface area contributed by atoms with Crippen LogP contribution in [0.3, 0.4) is 0 Å². The van der Waals surface area contributed by atoms with E-state index in [1.54, 1.807) is 18.2 Å². The molecule has 0 aliphatic heterocycles. The van der Waals surface area contributed by atoms with Crippen LogP contribution in [0.25, 0.3) is 0 Å². The smallest absolute Gasteiger partial charge is 0.248 e. The number of guanidine groups is 1. The topological polar surface area (TPSA) is 93.5 Å². The van der Waals surface area contributed by atoms with Gasteiger partial charge in [0.2, 0.25) is 5.91 Å². The number of benzene rings is 1. The van der Waals surface area contributed by atoms with Crippen molar-refractivity contribution < 1.29 is 4.79 Å². The van der Waals surface area contributed by atoms with Gasteiger partial charge >= 0.3 is 0 Å². The molecule has 0 aliphatic carbocycles. The molecule has 0 saturated heterocycles. The molecule has 0 fully saturated rings. The number of rotatable bonds is 8. The molecule has 1 aromatic rings. The van der Waals surface area contributed by atoms with Gasteiger partial charge in [-0.25, -0.2) is 4.99 Å². The summed E-state index contributed by atoms with van der Waals surface area (Å²) in [5, 5.41) is 3.20. The minimum atomic E-state index is -0.435. The van der Waals surface area contributed by atoms with Gasteiger partial charge in [0.25, 0.3) is 0 Å². The average molecular weight is 304 g/mol. The van der Waals surface area contributed by atoms with E-state index in [0.29, 0.717) is 24.1 Å². The highest BCUT2D eigenvalue weighted by molar-refractivity contribution is 5.92. The first-order valence-electron chi connectivity index (χ1n) is 7.83. The van der Waals surface area contributed by atoms with Crippen molar-refractivity contribution >= 4 is 11.9 Å². The van der Waals surface area contributed by atoms with Crippen molar-refractivity contribution in [1.82, 2.24) is 5.32 Å². The first-order valence-corrected chi connectivity index (χ1v) is 7.83. The van der Waals surface area contributed by atoms with Gasteiger partial charge in [-0.2, -0.15) is 0 Å². The minimum absolute atomic E-state index is 0.305. The largest absolute Gasteiger partial charge is 0.370 e. The first kappa shape index (κ1) is 18.0. The second-order valence-corrected chi connectivity index (χ2v) is 6.14. The van der Waals surface area contributed by atoms with Crippen LogP contribution in [0.1, 0.15) is 56.0 Å². The molecule has 22 heavy (non-hydrogen) atoms. The van der Waals surface area contributed by atoms with Crippen molar-refractivity contribution in [3.05, 3.63) is 35.4 Å². The molecule has 5 N–H and O–H groups in total. The summed E-state index contributed by atoms with van der Waals surface area (Å²) in [5.74, 6) is 0.730. The Hall–Kier alpha value is -2.04. The summed E-state index contributed by atoms with van der Waals surface area (Å²) in [6.45, 7) is 7.00. The predicted octanol–water partition coefficient (Wildman–Crippen LogP) is 2.40. The molecule has 0 heterocycles. The third kappa shape index (κ3) is 7.11. The lowest BCUT2D eigenvalue weighted by molar-refractivity contribution is 0.1000. The number of amides is 1. The van der Waals surface area contributed by atoms with Crippen LogP contribution in [0.4, 0.5) is 0 Å². The number of hydrogen-bond donors (Lipinski definition) is 3. The number of carbonyl (C=O) groups is 1. The van der Waals surface area contributed by atoms with E-state index in [-0.39, 0.29) is 0 Å². The molecular weight excluding hydrogens is 276 g/mol. The maximum absolute atomic E-state index is 11.1. The third-order valence-electron chi connectivity index (χ3n) is 3.46. The van der Waals surface area contributed by atoms with E-state index in [0.717, 1.165) is 17.9 Å². The number of nitrogens with one attached hydrogen (secondary N) is 1. The Morgan fingerprint density at radius 3 is 2.59 bits per heavy atom.